The van der Waals surface area contributed by atoms with E-state index in [1.54, 1.807) is 18.2 Å². The number of carboxylic acid groups (broad SMARTS) is 1. The van der Waals surface area contributed by atoms with E-state index < -0.39 is 5.97 Å². The molecule has 0 aromatic heterocycles. The van der Waals surface area contributed by atoms with Gasteiger partial charge in [0.15, 0.2) is 0 Å². The largest absolute Gasteiger partial charge is 0.478 e. The molecule has 2 aromatic rings. The highest BCUT2D eigenvalue weighted by Gasteiger charge is 2.13. The lowest BCUT2D eigenvalue weighted by Gasteiger charge is -2.14. The lowest BCUT2D eigenvalue weighted by atomic mass is 9.98. The minimum Gasteiger partial charge on any atom is -0.478 e. The summed E-state index contributed by atoms with van der Waals surface area (Å²) in [4.78, 5) is 10.9. The fourth-order valence-corrected chi connectivity index (χ4v) is 2.30. The van der Waals surface area contributed by atoms with Crippen molar-refractivity contribution in [2.24, 2.45) is 5.73 Å². The van der Waals surface area contributed by atoms with Crippen LogP contribution in [0.2, 0.25) is 0 Å². The van der Waals surface area contributed by atoms with Crippen molar-refractivity contribution in [1.82, 2.24) is 0 Å². The normalized spacial score (nSPS) is 12.1. The summed E-state index contributed by atoms with van der Waals surface area (Å²) in [6.07, 6.45) is 0. The van der Waals surface area contributed by atoms with Gasteiger partial charge in [-0.05, 0) is 29.3 Å². The topological polar surface area (TPSA) is 63.3 Å². The van der Waals surface area contributed by atoms with E-state index in [0.717, 1.165) is 15.6 Å². The van der Waals surface area contributed by atoms with Gasteiger partial charge in [0.25, 0.3) is 0 Å². The van der Waals surface area contributed by atoms with E-state index in [0.29, 0.717) is 0 Å². The molecule has 0 radical (unpaired) electrons. The highest BCUT2D eigenvalue weighted by atomic mass is 79.9. The van der Waals surface area contributed by atoms with Crippen molar-refractivity contribution in [2.75, 3.05) is 0 Å². The van der Waals surface area contributed by atoms with Crippen LogP contribution in [0.1, 0.15) is 27.5 Å². The average Bonchev–Trinajstić information content (AvgIpc) is 2.38. The van der Waals surface area contributed by atoms with Crippen LogP contribution < -0.4 is 5.73 Å². The minimum absolute atomic E-state index is 0.245. The molecule has 0 amide bonds. The van der Waals surface area contributed by atoms with Crippen LogP contribution in [0.25, 0.3) is 0 Å². The van der Waals surface area contributed by atoms with Gasteiger partial charge in [-0.3, -0.25) is 0 Å². The molecule has 0 heterocycles. The molecule has 0 spiro atoms. The molecule has 92 valence electrons. The quantitative estimate of drug-likeness (QED) is 0.915. The first-order valence-corrected chi connectivity index (χ1v) is 6.22. The summed E-state index contributed by atoms with van der Waals surface area (Å²) in [6, 6.07) is 14.0. The lowest BCUT2D eigenvalue weighted by molar-refractivity contribution is 0.0697. The molecule has 0 aliphatic carbocycles. The van der Waals surface area contributed by atoms with Crippen molar-refractivity contribution in [2.45, 2.75) is 6.04 Å². The average molecular weight is 306 g/mol. The maximum atomic E-state index is 10.9. The number of nitrogens with two attached hydrogens (primary N) is 1. The second-order valence-corrected chi connectivity index (χ2v) is 4.78. The second-order valence-electron chi connectivity index (χ2n) is 3.93. The summed E-state index contributed by atoms with van der Waals surface area (Å²) in [6.45, 7) is 0. The van der Waals surface area contributed by atoms with Crippen LogP contribution in [-0.2, 0) is 0 Å². The molecule has 0 bridgehead atoms. The van der Waals surface area contributed by atoms with Crippen LogP contribution in [-0.4, -0.2) is 11.1 Å². The monoisotopic (exact) mass is 305 g/mol. The molecule has 1 atom stereocenters. The first-order valence-electron chi connectivity index (χ1n) is 5.43. The van der Waals surface area contributed by atoms with Crippen molar-refractivity contribution in [3.63, 3.8) is 0 Å². The summed E-state index contributed by atoms with van der Waals surface area (Å²) < 4.78 is 0.915. The number of carboxylic acids is 1. The van der Waals surface area contributed by atoms with Gasteiger partial charge in [0.1, 0.15) is 0 Å². The molecule has 0 aliphatic rings. The van der Waals surface area contributed by atoms with Crippen LogP contribution in [0.4, 0.5) is 0 Å². The van der Waals surface area contributed by atoms with E-state index in [1.165, 1.54) is 0 Å². The number of carbonyl (C=O) groups is 1. The zero-order valence-electron chi connectivity index (χ0n) is 9.51. The molecular weight excluding hydrogens is 294 g/mol. The Hall–Kier alpha value is -1.65. The first kappa shape index (κ1) is 12.8. The fourth-order valence-electron chi connectivity index (χ4n) is 1.77. The number of hydrogen-bond acceptors (Lipinski definition) is 2. The molecule has 18 heavy (non-hydrogen) atoms. The summed E-state index contributed by atoms with van der Waals surface area (Å²) in [5.74, 6) is -0.948. The molecule has 0 saturated heterocycles. The molecule has 0 aliphatic heterocycles. The zero-order valence-corrected chi connectivity index (χ0v) is 11.1. The van der Waals surface area contributed by atoms with Gasteiger partial charge in [0.05, 0.1) is 11.6 Å². The van der Waals surface area contributed by atoms with Crippen LogP contribution in [0.3, 0.4) is 0 Å². The Morgan fingerprint density at radius 3 is 2.56 bits per heavy atom. The van der Waals surface area contributed by atoms with Gasteiger partial charge in [-0.1, -0.05) is 46.3 Å². The van der Waals surface area contributed by atoms with Gasteiger partial charge in [-0.2, -0.15) is 0 Å². The van der Waals surface area contributed by atoms with Gasteiger partial charge >= 0.3 is 5.97 Å². The third-order valence-electron chi connectivity index (χ3n) is 2.73. The van der Waals surface area contributed by atoms with E-state index in [2.05, 4.69) is 15.9 Å². The van der Waals surface area contributed by atoms with Crippen molar-refractivity contribution < 1.29 is 9.90 Å². The Kier molecular flexibility index (Phi) is 3.79. The Morgan fingerprint density at radius 1 is 1.17 bits per heavy atom. The smallest absolute Gasteiger partial charge is 0.335 e. The van der Waals surface area contributed by atoms with Crippen molar-refractivity contribution in [1.29, 1.82) is 0 Å². The number of aromatic carboxylic acids is 1. The molecule has 4 heteroatoms. The Balaban J connectivity index is 2.40. The molecule has 0 fully saturated rings. The van der Waals surface area contributed by atoms with Gasteiger partial charge in [0, 0.05) is 4.47 Å². The van der Waals surface area contributed by atoms with E-state index in [-0.39, 0.29) is 11.6 Å². The number of halogens is 1. The van der Waals surface area contributed by atoms with E-state index in [1.807, 2.05) is 30.3 Å². The van der Waals surface area contributed by atoms with Crippen molar-refractivity contribution in [3.05, 3.63) is 69.7 Å². The highest BCUT2D eigenvalue weighted by molar-refractivity contribution is 9.10. The number of benzene rings is 2. The molecule has 1 unspecified atom stereocenters. The molecule has 0 saturated carbocycles. The van der Waals surface area contributed by atoms with Crippen LogP contribution in [0, 0.1) is 0 Å². The van der Waals surface area contributed by atoms with Crippen LogP contribution in [0.5, 0.6) is 0 Å². The van der Waals surface area contributed by atoms with Crippen molar-refractivity contribution >= 4 is 21.9 Å². The summed E-state index contributed by atoms with van der Waals surface area (Å²) in [5, 5.41) is 8.97. The third kappa shape index (κ3) is 2.60. The Morgan fingerprint density at radius 2 is 1.89 bits per heavy atom. The van der Waals surface area contributed by atoms with E-state index in [4.69, 9.17) is 10.8 Å². The zero-order chi connectivity index (χ0) is 13.1. The fraction of sp³-hybridized carbons (Fsp3) is 0.0714. The van der Waals surface area contributed by atoms with Gasteiger partial charge in [-0.25, -0.2) is 4.79 Å². The standard InChI is InChI=1S/C14H12BrNO2/c15-12-7-2-1-6-11(12)13(16)9-4-3-5-10(8-9)14(17)18/h1-8,13H,16H2,(H,17,18). The van der Waals surface area contributed by atoms with Gasteiger partial charge in [0.2, 0.25) is 0 Å². The number of hydrogen-bond donors (Lipinski definition) is 2. The van der Waals surface area contributed by atoms with Gasteiger partial charge in [-0.15, -0.1) is 0 Å². The molecule has 2 rings (SSSR count). The van der Waals surface area contributed by atoms with E-state index >= 15 is 0 Å². The maximum Gasteiger partial charge on any atom is 0.335 e. The summed E-state index contributed by atoms with van der Waals surface area (Å²) in [5.41, 5.74) is 8.12. The maximum absolute atomic E-state index is 10.9. The second kappa shape index (κ2) is 5.33. The molecule has 3 N–H and O–H groups in total. The molecule has 3 nitrogen and oxygen atoms in total. The predicted molar refractivity (Wildman–Crippen MR) is 73.6 cm³/mol. The summed E-state index contributed by atoms with van der Waals surface area (Å²) >= 11 is 3.45. The van der Waals surface area contributed by atoms with Crippen LogP contribution in [0.15, 0.2) is 53.0 Å². The Labute approximate surface area is 113 Å². The number of rotatable bonds is 3. The first-order chi connectivity index (χ1) is 8.59. The lowest BCUT2D eigenvalue weighted by Crippen LogP contribution is -2.13. The van der Waals surface area contributed by atoms with Crippen LogP contribution >= 0.6 is 15.9 Å². The SMILES string of the molecule is NC(c1cccc(C(=O)O)c1)c1ccccc1Br. The highest BCUT2D eigenvalue weighted by Crippen LogP contribution is 2.26. The minimum atomic E-state index is -0.948. The summed E-state index contributed by atoms with van der Waals surface area (Å²) in [7, 11) is 0. The molecule has 2 aromatic carbocycles. The molecular formula is C14H12BrNO2. The third-order valence-corrected chi connectivity index (χ3v) is 3.46. The predicted octanol–water partition coefficient (Wildman–Crippen LogP) is 3.20. The van der Waals surface area contributed by atoms with Crippen molar-refractivity contribution in [3.8, 4) is 0 Å². The van der Waals surface area contributed by atoms with Gasteiger partial charge < -0.3 is 10.8 Å². The van der Waals surface area contributed by atoms with E-state index in [9.17, 15) is 4.79 Å². The Bertz CT molecular complexity index is 584.